The van der Waals surface area contributed by atoms with Crippen molar-refractivity contribution in [3.63, 3.8) is 0 Å². The first-order chi connectivity index (χ1) is 13.8. The molecule has 1 aromatic carbocycles. The van der Waals surface area contributed by atoms with Crippen LogP contribution in [0.25, 0.3) is 11.3 Å². The number of fused-ring (bicyclic) bond motifs is 3. The summed E-state index contributed by atoms with van der Waals surface area (Å²) in [6.45, 7) is 2.88. The Morgan fingerprint density at radius 3 is 2.96 bits per heavy atom. The minimum Gasteiger partial charge on any atom is -0.330 e. The largest absolute Gasteiger partial charge is 0.330 e. The summed E-state index contributed by atoms with van der Waals surface area (Å²) in [5.41, 5.74) is 2.00. The van der Waals surface area contributed by atoms with E-state index in [-0.39, 0.29) is 11.8 Å². The number of hydrogen-bond donors (Lipinski definition) is 2. The number of carbonyl (C=O) groups is 1. The third-order valence-corrected chi connectivity index (χ3v) is 6.76. The second-order valence-electron chi connectivity index (χ2n) is 7.72. The van der Waals surface area contributed by atoms with Crippen LogP contribution in [0.5, 0.6) is 0 Å². The molecule has 1 amide bonds. The molecule has 0 saturated carbocycles. The van der Waals surface area contributed by atoms with Gasteiger partial charge in [0.25, 0.3) is 0 Å². The first-order valence-corrected chi connectivity index (χ1v) is 10.6. The van der Waals surface area contributed by atoms with Crippen LogP contribution in [-0.4, -0.2) is 45.0 Å². The van der Waals surface area contributed by atoms with Gasteiger partial charge in [0.15, 0.2) is 5.13 Å². The van der Waals surface area contributed by atoms with Crippen molar-refractivity contribution in [3.8, 4) is 11.3 Å². The van der Waals surface area contributed by atoms with Crippen LogP contribution in [0.1, 0.15) is 12.8 Å². The molecule has 0 radical (unpaired) electrons. The Labute approximate surface area is 167 Å². The van der Waals surface area contributed by atoms with E-state index in [4.69, 9.17) is 0 Å². The maximum atomic E-state index is 12.7. The van der Waals surface area contributed by atoms with Gasteiger partial charge in [0, 0.05) is 30.0 Å². The fourth-order valence-corrected chi connectivity index (χ4v) is 5.19. The minimum atomic E-state index is 0.0829. The van der Waals surface area contributed by atoms with Gasteiger partial charge in [0.05, 0.1) is 31.7 Å². The lowest BCUT2D eigenvalue weighted by Gasteiger charge is -2.46. The summed E-state index contributed by atoms with van der Waals surface area (Å²) >= 11 is 1.47. The maximum absolute atomic E-state index is 12.7. The van der Waals surface area contributed by atoms with Crippen LogP contribution < -0.4 is 10.2 Å². The van der Waals surface area contributed by atoms with Crippen LogP contribution in [0.4, 0.5) is 5.13 Å². The maximum Gasteiger partial charge on any atom is 0.235 e. The molecule has 1 unspecified atom stereocenters. The van der Waals surface area contributed by atoms with Gasteiger partial charge in [-0.15, -0.1) is 16.4 Å². The summed E-state index contributed by atoms with van der Waals surface area (Å²) in [7, 11) is 0. The number of rotatable bonds is 5. The molecular formula is C20H23N6OS+. The number of nitrogens with zero attached hydrogens (tertiary/aromatic N) is 4. The minimum absolute atomic E-state index is 0.0829. The second-order valence-corrected chi connectivity index (χ2v) is 8.61. The first kappa shape index (κ1) is 17.5. The lowest BCUT2D eigenvalue weighted by atomic mass is 9.75. The number of thiazole rings is 1. The highest BCUT2D eigenvalue weighted by atomic mass is 32.1. The fourth-order valence-electron chi connectivity index (χ4n) is 4.66. The average molecular weight is 396 g/mol. The highest BCUT2D eigenvalue weighted by molar-refractivity contribution is 7.13. The Morgan fingerprint density at radius 2 is 2.21 bits per heavy atom. The smallest absolute Gasteiger partial charge is 0.235 e. The Bertz CT molecular complexity index is 941. The normalized spacial score (nSPS) is 26.3. The van der Waals surface area contributed by atoms with E-state index >= 15 is 0 Å². The number of nitrogens with one attached hydrogen (secondary N) is 2. The third kappa shape index (κ3) is 3.45. The van der Waals surface area contributed by atoms with Gasteiger partial charge in [-0.05, 0) is 5.92 Å². The fraction of sp³-hybridized carbons (Fsp3) is 0.400. The van der Waals surface area contributed by atoms with Gasteiger partial charge in [0.1, 0.15) is 11.7 Å². The molecule has 6 rings (SSSR count). The SMILES string of the molecule is O=C(Nc1nccs1)[C@H]1C[NH+]2CC[C@@H]1C[C@@H]2Cn1cc(-c2ccccc2)nn1. The first-order valence-electron chi connectivity index (χ1n) is 9.77. The molecule has 2 aromatic heterocycles. The Hall–Kier alpha value is -2.58. The van der Waals surface area contributed by atoms with E-state index in [1.807, 2.05) is 34.5 Å². The van der Waals surface area contributed by atoms with Crippen LogP contribution in [0.15, 0.2) is 48.1 Å². The van der Waals surface area contributed by atoms with Crippen molar-refractivity contribution in [1.29, 1.82) is 0 Å². The molecule has 0 aliphatic carbocycles. The molecule has 7 nitrogen and oxygen atoms in total. The zero-order chi connectivity index (χ0) is 18.9. The van der Waals surface area contributed by atoms with E-state index in [0.717, 1.165) is 43.7 Å². The van der Waals surface area contributed by atoms with Crippen LogP contribution in [0, 0.1) is 11.8 Å². The molecule has 4 atom stereocenters. The molecule has 8 heteroatoms. The predicted octanol–water partition coefficient (Wildman–Crippen LogP) is 1.33. The van der Waals surface area contributed by atoms with Crippen LogP contribution >= 0.6 is 11.3 Å². The highest BCUT2D eigenvalue weighted by Gasteiger charge is 2.46. The van der Waals surface area contributed by atoms with Gasteiger partial charge >= 0.3 is 0 Å². The van der Waals surface area contributed by atoms with Crippen molar-refractivity contribution >= 4 is 22.4 Å². The lowest BCUT2D eigenvalue weighted by Crippen LogP contribution is -3.20. The van der Waals surface area contributed by atoms with Gasteiger partial charge in [0.2, 0.25) is 5.91 Å². The summed E-state index contributed by atoms with van der Waals surface area (Å²) in [5.74, 6) is 0.654. The van der Waals surface area contributed by atoms with E-state index in [1.54, 1.807) is 6.20 Å². The molecule has 3 aliphatic heterocycles. The Balaban J connectivity index is 1.23. The zero-order valence-corrected chi connectivity index (χ0v) is 16.3. The molecule has 28 heavy (non-hydrogen) atoms. The van der Waals surface area contributed by atoms with E-state index in [1.165, 1.54) is 16.2 Å². The number of hydrogen-bond acceptors (Lipinski definition) is 5. The quantitative estimate of drug-likeness (QED) is 0.683. The number of carbonyl (C=O) groups excluding carboxylic acids is 1. The van der Waals surface area contributed by atoms with Crippen molar-refractivity contribution in [2.45, 2.75) is 25.4 Å². The lowest BCUT2D eigenvalue weighted by molar-refractivity contribution is -0.945. The number of aromatic nitrogens is 4. The number of anilines is 1. The molecule has 3 saturated heterocycles. The molecule has 3 fully saturated rings. The summed E-state index contributed by atoms with van der Waals surface area (Å²) in [6, 6.07) is 10.6. The number of benzene rings is 1. The van der Waals surface area contributed by atoms with Gasteiger partial charge < -0.3 is 10.2 Å². The van der Waals surface area contributed by atoms with Gasteiger partial charge in [-0.3, -0.25) is 4.79 Å². The predicted molar refractivity (Wildman–Crippen MR) is 107 cm³/mol. The van der Waals surface area contributed by atoms with Crippen molar-refractivity contribution in [1.82, 2.24) is 20.0 Å². The standard InChI is InChI=1S/C20H22N6OS/c27-19(22-20-21-7-9-28-20)17-12-25-8-6-15(17)10-16(25)11-26-13-18(23-24-26)14-4-2-1-3-5-14/h1-5,7,9,13,15-17H,6,8,10-12H2,(H,21,22,27)/p+1/t15-,16-,17+/m1/s1. The van der Waals surface area contributed by atoms with Gasteiger partial charge in [-0.1, -0.05) is 35.5 Å². The molecule has 2 N–H and O–H groups in total. The Morgan fingerprint density at radius 1 is 1.32 bits per heavy atom. The van der Waals surface area contributed by atoms with Gasteiger partial charge in [-0.2, -0.15) is 0 Å². The topological polar surface area (TPSA) is 77.1 Å². The number of amides is 1. The summed E-state index contributed by atoms with van der Waals surface area (Å²) in [5, 5.41) is 14.2. The van der Waals surface area contributed by atoms with Crippen LogP contribution in [-0.2, 0) is 11.3 Å². The molecular weight excluding hydrogens is 372 g/mol. The van der Waals surface area contributed by atoms with Crippen molar-refractivity contribution in [3.05, 3.63) is 48.1 Å². The van der Waals surface area contributed by atoms with Crippen LogP contribution in [0.3, 0.4) is 0 Å². The number of piperidine rings is 3. The van der Waals surface area contributed by atoms with E-state index in [0.29, 0.717) is 17.1 Å². The molecule has 2 bridgehead atoms. The molecule has 144 valence electrons. The summed E-state index contributed by atoms with van der Waals surface area (Å²) in [4.78, 5) is 18.4. The Kier molecular flexibility index (Phi) is 4.66. The highest BCUT2D eigenvalue weighted by Crippen LogP contribution is 2.29. The van der Waals surface area contributed by atoms with E-state index < -0.39 is 0 Å². The molecule has 3 aliphatic rings. The number of quaternary nitrogens is 1. The zero-order valence-electron chi connectivity index (χ0n) is 15.5. The average Bonchev–Trinajstić information content (AvgIpc) is 3.41. The monoisotopic (exact) mass is 395 g/mol. The van der Waals surface area contributed by atoms with Gasteiger partial charge in [-0.25, -0.2) is 9.67 Å². The second kappa shape index (κ2) is 7.44. The van der Waals surface area contributed by atoms with E-state index in [9.17, 15) is 4.79 Å². The van der Waals surface area contributed by atoms with Crippen molar-refractivity contribution in [2.75, 3.05) is 18.4 Å². The van der Waals surface area contributed by atoms with Crippen LogP contribution in [0.2, 0.25) is 0 Å². The molecule has 3 aromatic rings. The van der Waals surface area contributed by atoms with Crippen molar-refractivity contribution < 1.29 is 9.69 Å². The summed E-state index contributed by atoms with van der Waals surface area (Å²) < 4.78 is 1.96. The van der Waals surface area contributed by atoms with Crippen molar-refractivity contribution in [2.24, 2.45) is 11.8 Å². The molecule has 0 spiro atoms. The molecule has 5 heterocycles. The third-order valence-electron chi connectivity index (χ3n) is 6.07. The summed E-state index contributed by atoms with van der Waals surface area (Å²) in [6.07, 6.45) is 5.94. The van der Waals surface area contributed by atoms with E-state index in [2.05, 4.69) is 32.7 Å².